The topological polar surface area (TPSA) is 79.8 Å². The Morgan fingerprint density at radius 3 is 2.94 bits per heavy atom. The van der Waals surface area contributed by atoms with E-state index in [1.54, 1.807) is 12.3 Å². The van der Waals surface area contributed by atoms with Crippen molar-refractivity contribution in [1.82, 2.24) is 15.2 Å². The first-order valence-electron chi connectivity index (χ1n) is 5.50. The molecule has 0 aliphatic carbocycles. The van der Waals surface area contributed by atoms with Gasteiger partial charge in [0, 0.05) is 18.9 Å². The molecule has 2 aromatic rings. The highest BCUT2D eigenvalue weighted by Gasteiger charge is 2.13. The van der Waals surface area contributed by atoms with Gasteiger partial charge < -0.3 is 5.32 Å². The predicted octanol–water partition coefficient (Wildman–Crippen LogP) is 1.93. The molecule has 2 heterocycles. The molecule has 2 aromatic heterocycles. The molecule has 0 atom stereocenters. The minimum atomic E-state index is -0.241. The molecule has 2 rings (SSSR count). The van der Waals surface area contributed by atoms with Gasteiger partial charge in [0.2, 0.25) is 5.13 Å². The summed E-state index contributed by atoms with van der Waals surface area (Å²) in [5.41, 5.74) is 1.25. The third kappa shape index (κ3) is 2.80. The Balaban J connectivity index is 2.18. The summed E-state index contributed by atoms with van der Waals surface area (Å²) >= 11 is 1.33. The van der Waals surface area contributed by atoms with Crippen molar-refractivity contribution in [2.75, 3.05) is 17.2 Å². The molecule has 0 unspecified atom stereocenters. The van der Waals surface area contributed by atoms with Crippen LogP contribution in [0.1, 0.15) is 22.3 Å². The van der Waals surface area contributed by atoms with Gasteiger partial charge in [-0.25, -0.2) is 0 Å². The first kappa shape index (κ1) is 12.4. The SMILES string of the molecule is CCNc1ccncc1C(=O)Nc1nnc(C)s1. The van der Waals surface area contributed by atoms with Crippen molar-refractivity contribution in [3.05, 3.63) is 29.0 Å². The van der Waals surface area contributed by atoms with Crippen LogP contribution in [0.2, 0.25) is 0 Å². The second-order valence-corrected chi connectivity index (χ2v) is 4.71. The summed E-state index contributed by atoms with van der Waals surface area (Å²) in [6.07, 6.45) is 3.17. The van der Waals surface area contributed by atoms with Gasteiger partial charge in [-0.1, -0.05) is 11.3 Å². The first-order valence-corrected chi connectivity index (χ1v) is 6.31. The summed E-state index contributed by atoms with van der Waals surface area (Å²) < 4.78 is 0. The van der Waals surface area contributed by atoms with Crippen LogP contribution in [-0.4, -0.2) is 27.6 Å². The minimum Gasteiger partial charge on any atom is -0.385 e. The van der Waals surface area contributed by atoms with E-state index < -0.39 is 0 Å². The fourth-order valence-corrected chi connectivity index (χ4v) is 2.02. The van der Waals surface area contributed by atoms with Crippen molar-refractivity contribution < 1.29 is 4.79 Å². The molecule has 0 spiro atoms. The van der Waals surface area contributed by atoms with Gasteiger partial charge in [0.15, 0.2) is 0 Å². The van der Waals surface area contributed by atoms with E-state index in [-0.39, 0.29) is 5.91 Å². The van der Waals surface area contributed by atoms with Gasteiger partial charge in [0.1, 0.15) is 5.01 Å². The number of aromatic nitrogens is 3. The van der Waals surface area contributed by atoms with Crippen molar-refractivity contribution in [2.45, 2.75) is 13.8 Å². The monoisotopic (exact) mass is 263 g/mol. The van der Waals surface area contributed by atoms with Crippen molar-refractivity contribution in [2.24, 2.45) is 0 Å². The third-order valence-corrected chi connectivity index (χ3v) is 2.93. The van der Waals surface area contributed by atoms with Crippen LogP contribution in [0.4, 0.5) is 10.8 Å². The lowest BCUT2D eigenvalue weighted by Gasteiger charge is -2.08. The summed E-state index contributed by atoms with van der Waals surface area (Å²) in [7, 11) is 0. The van der Waals surface area contributed by atoms with Gasteiger partial charge in [-0.15, -0.1) is 10.2 Å². The highest BCUT2D eigenvalue weighted by atomic mass is 32.1. The maximum absolute atomic E-state index is 12.1. The number of rotatable bonds is 4. The summed E-state index contributed by atoms with van der Waals surface area (Å²) in [5, 5.41) is 14.8. The first-order chi connectivity index (χ1) is 8.70. The largest absolute Gasteiger partial charge is 0.385 e. The number of hydrogen-bond acceptors (Lipinski definition) is 6. The molecule has 18 heavy (non-hydrogen) atoms. The lowest BCUT2D eigenvalue weighted by Crippen LogP contribution is -2.15. The van der Waals surface area contributed by atoms with E-state index in [1.165, 1.54) is 17.5 Å². The van der Waals surface area contributed by atoms with Crippen LogP contribution in [0.3, 0.4) is 0 Å². The maximum Gasteiger partial charge on any atom is 0.261 e. The van der Waals surface area contributed by atoms with E-state index in [4.69, 9.17) is 0 Å². The van der Waals surface area contributed by atoms with Gasteiger partial charge in [-0.2, -0.15) is 0 Å². The molecule has 6 nitrogen and oxygen atoms in total. The minimum absolute atomic E-state index is 0.241. The van der Waals surface area contributed by atoms with Crippen LogP contribution in [0.25, 0.3) is 0 Å². The van der Waals surface area contributed by atoms with Crippen LogP contribution in [0.15, 0.2) is 18.5 Å². The van der Waals surface area contributed by atoms with Crippen LogP contribution >= 0.6 is 11.3 Å². The Labute approximate surface area is 108 Å². The van der Waals surface area contributed by atoms with Crippen molar-refractivity contribution >= 4 is 28.1 Å². The van der Waals surface area contributed by atoms with Crippen LogP contribution in [-0.2, 0) is 0 Å². The number of nitrogens with one attached hydrogen (secondary N) is 2. The summed E-state index contributed by atoms with van der Waals surface area (Å²) in [4.78, 5) is 16.0. The van der Waals surface area contributed by atoms with Gasteiger partial charge in [0.05, 0.1) is 11.3 Å². The molecule has 2 N–H and O–H groups in total. The Kier molecular flexibility index (Phi) is 3.83. The van der Waals surface area contributed by atoms with E-state index in [0.717, 1.165) is 17.2 Å². The average molecular weight is 263 g/mol. The molecule has 0 aromatic carbocycles. The molecule has 0 radical (unpaired) electrons. The van der Waals surface area contributed by atoms with E-state index >= 15 is 0 Å². The molecule has 0 saturated carbocycles. The number of carbonyl (C=O) groups excluding carboxylic acids is 1. The van der Waals surface area contributed by atoms with Gasteiger partial charge >= 0.3 is 0 Å². The number of carbonyl (C=O) groups is 1. The summed E-state index contributed by atoms with van der Waals surface area (Å²) in [6, 6.07) is 1.77. The van der Waals surface area contributed by atoms with E-state index in [9.17, 15) is 4.79 Å². The van der Waals surface area contributed by atoms with Crippen LogP contribution in [0, 0.1) is 6.92 Å². The molecular weight excluding hydrogens is 250 g/mol. The molecular formula is C11H13N5OS. The quantitative estimate of drug-likeness (QED) is 0.881. The lowest BCUT2D eigenvalue weighted by molar-refractivity contribution is 0.102. The van der Waals surface area contributed by atoms with E-state index in [0.29, 0.717) is 10.7 Å². The maximum atomic E-state index is 12.1. The lowest BCUT2D eigenvalue weighted by atomic mass is 10.2. The Morgan fingerprint density at radius 2 is 2.28 bits per heavy atom. The number of anilines is 2. The fourth-order valence-electron chi connectivity index (χ4n) is 1.43. The highest BCUT2D eigenvalue weighted by molar-refractivity contribution is 7.15. The van der Waals surface area contributed by atoms with E-state index in [2.05, 4.69) is 25.8 Å². The number of nitrogens with zero attached hydrogens (tertiary/aromatic N) is 3. The smallest absolute Gasteiger partial charge is 0.261 e. The van der Waals surface area contributed by atoms with Crippen LogP contribution < -0.4 is 10.6 Å². The third-order valence-electron chi connectivity index (χ3n) is 2.18. The number of hydrogen-bond donors (Lipinski definition) is 2. The second-order valence-electron chi connectivity index (χ2n) is 3.53. The Hall–Kier alpha value is -2.02. The van der Waals surface area contributed by atoms with Gasteiger partial charge in [0.25, 0.3) is 5.91 Å². The molecule has 7 heteroatoms. The molecule has 0 aliphatic heterocycles. The molecule has 0 bridgehead atoms. The standard InChI is InChI=1S/C11H13N5OS/c1-3-13-9-4-5-12-6-8(9)10(17)14-11-16-15-7(2)18-11/h4-6H,3H2,1-2H3,(H,12,13)(H,14,16,17). The fraction of sp³-hybridized carbons (Fsp3) is 0.273. The van der Waals surface area contributed by atoms with Crippen molar-refractivity contribution in [3.63, 3.8) is 0 Å². The number of amides is 1. The Morgan fingerprint density at radius 1 is 1.44 bits per heavy atom. The molecule has 94 valence electrons. The van der Waals surface area contributed by atoms with E-state index in [1.807, 2.05) is 13.8 Å². The van der Waals surface area contributed by atoms with Crippen LogP contribution in [0.5, 0.6) is 0 Å². The second kappa shape index (κ2) is 5.54. The van der Waals surface area contributed by atoms with Crippen molar-refractivity contribution in [1.29, 1.82) is 0 Å². The normalized spacial score (nSPS) is 10.1. The number of pyridine rings is 1. The zero-order valence-electron chi connectivity index (χ0n) is 10.1. The molecule has 0 aliphatic rings. The van der Waals surface area contributed by atoms with Gasteiger partial charge in [-0.05, 0) is 19.9 Å². The zero-order valence-corrected chi connectivity index (χ0v) is 10.9. The summed E-state index contributed by atoms with van der Waals surface area (Å²) in [5.74, 6) is -0.241. The molecule has 1 amide bonds. The van der Waals surface area contributed by atoms with Crippen molar-refractivity contribution in [3.8, 4) is 0 Å². The molecule has 0 saturated heterocycles. The predicted molar refractivity (Wildman–Crippen MR) is 71.0 cm³/mol. The average Bonchev–Trinajstić information content (AvgIpc) is 2.76. The number of aryl methyl sites for hydroxylation is 1. The zero-order chi connectivity index (χ0) is 13.0. The summed E-state index contributed by atoms with van der Waals surface area (Å²) in [6.45, 7) is 4.54. The molecule has 0 fully saturated rings. The highest BCUT2D eigenvalue weighted by Crippen LogP contribution is 2.18. The van der Waals surface area contributed by atoms with Gasteiger partial charge in [-0.3, -0.25) is 15.1 Å². The Bertz CT molecular complexity index is 554.